The predicted molar refractivity (Wildman–Crippen MR) is 60.9 cm³/mol. The van der Waals surface area contributed by atoms with Gasteiger partial charge in [-0.1, -0.05) is 6.92 Å². The van der Waals surface area contributed by atoms with E-state index in [-0.39, 0.29) is 0 Å². The van der Waals surface area contributed by atoms with Crippen LogP contribution in [0.1, 0.15) is 19.0 Å². The zero-order valence-corrected chi connectivity index (χ0v) is 9.40. The van der Waals surface area contributed by atoms with Crippen LogP contribution in [0.4, 0.5) is 0 Å². The summed E-state index contributed by atoms with van der Waals surface area (Å²) in [5, 5.41) is 11.0. The van der Waals surface area contributed by atoms with Crippen molar-refractivity contribution >= 4 is 17.3 Å². The van der Waals surface area contributed by atoms with Crippen LogP contribution in [0.2, 0.25) is 0 Å². The molecule has 78 valence electrons. The highest BCUT2D eigenvalue weighted by molar-refractivity contribution is 7.80. The molecule has 1 aromatic heterocycles. The van der Waals surface area contributed by atoms with E-state index in [1.807, 2.05) is 17.8 Å². The van der Waals surface area contributed by atoms with Gasteiger partial charge in [-0.05, 0) is 24.7 Å². The largest absolute Gasteiger partial charge is 0.363 e. The lowest BCUT2D eigenvalue weighted by atomic mass is 10.4. The third kappa shape index (κ3) is 3.33. The Balaban J connectivity index is 2.27. The number of thiocarbonyl (C=S) groups is 1. The molecule has 0 amide bonds. The van der Waals surface area contributed by atoms with Crippen molar-refractivity contribution in [1.82, 2.24) is 20.4 Å². The average Bonchev–Trinajstić information content (AvgIpc) is 2.58. The molecule has 1 heterocycles. The van der Waals surface area contributed by atoms with E-state index in [1.54, 1.807) is 6.20 Å². The molecule has 14 heavy (non-hydrogen) atoms. The standard InChI is InChI=1S/C9H16N4S/c1-3-5-10-9(14)11-7-8-4-6-12-13(8)2/h4,6H,3,5,7H2,1-2H3,(H2,10,11,14). The van der Waals surface area contributed by atoms with Gasteiger partial charge in [-0.2, -0.15) is 5.10 Å². The van der Waals surface area contributed by atoms with E-state index in [0.717, 1.165) is 18.7 Å². The fourth-order valence-corrected chi connectivity index (χ4v) is 1.22. The van der Waals surface area contributed by atoms with Crippen molar-refractivity contribution in [2.45, 2.75) is 19.9 Å². The third-order valence-electron chi connectivity index (χ3n) is 1.89. The zero-order valence-electron chi connectivity index (χ0n) is 8.58. The predicted octanol–water partition coefficient (Wildman–Crippen LogP) is 0.794. The lowest BCUT2D eigenvalue weighted by Crippen LogP contribution is -2.35. The summed E-state index contributed by atoms with van der Waals surface area (Å²) in [6.45, 7) is 3.74. The molecule has 2 N–H and O–H groups in total. The van der Waals surface area contributed by atoms with Crippen LogP contribution in [0.5, 0.6) is 0 Å². The minimum atomic E-state index is 0.702. The van der Waals surface area contributed by atoms with Crippen LogP contribution in [-0.2, 0) is 13.6 Å². The fourth-order valence-electron chi connectivity index (χ4n) is 1.05. The summed E-state index contributed by atoms with van der Waals surface area (Å²) in [7, 11) is 1.92. The number of aryl methyl sites for hydroxylation is 1. The van der Waals surface area contributed by atoms with Gasteiger partial charge in [-0.15, -0.1) is 0 Å². The molecule has 0 atom stereocenters. The molecule has 1 aromatic rings. The van der Waals surface area contributed by atoms with Crippen LogP contribution < -0.4 is 10.6 Å². The quantitative estimate of drug-likeness (QED) is 0.724. The SMILES string of the molecule is CCCNC(=S)NCc1ccnn1C. The van der Waals surface area contributed by atoms with Crippen molar-refractivity contribution in [2.75, 3.05) is 6.54 Å². The number of rotatable bonds is 4. The van der Waals surface area contributed by atoms with Crippen LogP contribution in [0.15, 0.2) is 12.3 Å². The van der Waals surface area contributed by atoms with E-state index >= 15 is 0 Å². The molecule has 5 heteroatoms. The smallest absolute Gasteiger partial charge is 0.166 e. The van der Waals surface area contributed by atoms with Gasteiger partial charge in [0.2, 0.25) is 0 Å². The lowest BCUT2D eigenvalue weighted by molar-refractivity contribution is 0.687. The average molecular weight is 212 g/mol. The molecule has 4 nitrogen and oxygen atoms in total. The molecule has 1 rings (SSSR count). The topological polar surface area (TPSA) is 41.9 Å². The summed E-state index contributed by atoms with van der Waals surface area (Å²) >= 11 is 5.08. The van der Waals surface area contributed by atoms with Crippen molar-refractivity contribution in [3.63, 3.8) is 0 Å². The minimum absolute atomic E-state index is 0.702. The van der Waals surface area contributed by atoms with Gasteiger partial charge in [0.15, 0.2) is 5.11 Å². The van der Waals surface area contributed by atoms with E-state index in [2.05, 4.69) is 22.7 Å². The maximum absolute atomic E-state index is 5.08. The van der Waals surface area contributed by atoms with Gasteiger partial charge in [0.25, 0.3) is 0 Å². The summed E-state index contributed by atoms with van der Waals surface area (Å²) in [6.07, 6.45) is 2.85. The molecule has 0 saturated carbocycles. The molecule has 0 aromatic carbocycles. The normalized spacial score (nSPS) is 9.86. The van der Waals surface area contributed by atoms with E-state index < -0.39 is 0 Å². The number of nitrogens with zero attached hydrogens (tertiary/aromatic N) is 2. The number of nitrogens with one attached hydrogen (secondary N) is 2. The van der Waals surface area contributed by atoms with Gasteiger partial charge in [-0.25, -0.2) is 0 Å². The molecule has 0 saturated heterocycles. The molecule has 0 unspecified atom stereocenters. The second-order valence-electron chi connectivity index (χ2n) is 3.06. The first kappa shape index (κ1) is 11.0. The van der Waals surface area contributed by atoms with Crippen LogP contribution in [0.25, 0.3) is 0 Å². The van der Waals surface area contributed by atoms with Gasteiger partial charge in [-0.3, -0.25) is 4.68 Å². The molecule has 0 spiro atoms. The lowest BCUT2D eigenvalue weighted by Gasteiger charge is -2.09. The van der Waals surface area contributed by atoms with E-state index in [1.165, 1.54) is 0 Å². The Morgan fingerprint density at radius 2 is 2.36 bits per heavy atom. The van der Waals surface area contributed by atoms with Crippen LogP contribution in [-0.4, -0.2) is 21.4 Å². The molecule has 0 fully saturated rings. The van der Waals surface area contributed by atoms with Gasteiger partial charge in [0, 0.05) is 19.8 Å². The highest BCUT2D eigenvalue weighted by atomic mass is 32.1. The third-order valence-corrected chi connectivity index (χ3v) is 2.18. The highest BCUT2D eigenvalue weighted by Crippen LogP contribution is 1.94. The van der Waals surface area contributed by atoms with E-state index in [4.69, 9.17) is 12.2 Å². The first-order valence-electron chi connectivity index (χ1n) is 4.72. The Hall–Kier alpha value is -1.10. The van der Waals surface area contributed by atoms with Crippen LogP contribution in [0, 0.1) is 0 Å². The molecule has 0 aliphatic heterocycles. The summed E-state index contributed by atoms with van der Waals surface area (Å²) in [6, 6.07) is 1.97. The van der Waals surface area contributed by atoms with Gasteiger partial charge in [0.05, 0.1) is 12.2 Å². The van der Waals surface area contributed by atoms with E-state index in [0.29, 0.717) is 11.7 Å². The summed E-state index contributed by atoms with van der Waals surface area (Å²) in [5.41, 5.74) is 1.12. The Morgan fingerprint density at radius 1 is 1.57 bits per heavy atom. The molecule has 0 radical (unpaired) electrons. The second-order valence-corrected chi connectivity index (χ2v) is 3.46. The van der Waals surface area contributed by atoms with Crippen molar-refractivity contribution in [2.24, 2.45) is 7.05 Å². The summed E-state index contributed by atoms with van der Waals surface area (Å²) < 4.78 is 1.83. The van der Waals surface area contributed by atoms with Gasteiger partial charge >= 0.3 is 0 Å². The van der Waals surface area contributed by atoms with Gasteiger partial charge < -0.3 is 10.6 Å². The zero-order chi connectivity index (χ0) is 10.4. The molecule has 0 aliphatic rings. The first-order valence-corrected chi connectivity index (χ1v) is 5.13. The molecular weight excluding hydrogens is 196 g/mol. The molecular formula is C9H16N4S. The van der Waals surface area contributed by atoms with Crippen LogP contribution in [0.3, 0.4) is 0 Å². The highest BCUT2D eigenvalue weighted by Gasteiger charge is 1.98. The second kappa shape index (κ2) is 5.59. The Bertz CT molecular complexity index is 295. The Labute approximate surface area is 89.7 Å². The summed E-state index contributed by atoms with van der Waals surface area (Å²) in [4.78, 5) is 0. The van der Waals surface area contributed by atoms with Crippen LogP contribution >= 0.6 is 12.2 Å². The Morgan fingerprint density at radius 3 is 2.93 bits per heavy atom. The van der Waals surface area contributed by atoms with E-state index in [9.17, 15) is 0 Å². The minimum Gasteiger partial charge on any atom is -0.363 e. The maximum atomic E-state index is 5.08. The number of hydrogen-bond acceptors (Lipinski definition) is 2. The number of hydrogen-bond donors (Lipinski definition) is 2. The van der Waals surface area contributed by atoms with Crippen molar-refractivity contribution in [1.29, 1.82) is 0 Å². The first-order chi connectivity index (χ1) is 6.74. The Kier molecular flexibility index (Phi) is 4.39. The summed E-state index contributed by atoms with van der Waals surface area (Å²) in [5.74, 6) is 0. The van der Waals surface area contributed by atoms with Crippen molar-refractivity contribution in [3.8, 4) is 0 Å². The fraction of sp³-hybridized carbons (Fsp3) is 0.556. The molecule has 0 aliphatic carbocycles. The number of aromatic nitrogens is 2. The monoisotopic (exact) mass is 212 g/mol. The van der Waals surface area contributed by atoms with Crippen molar-refractivity contribution < 1.29 is 0 Å². The van der Waals surface area contributed by atoms with Crippen molar-refractivity contribution in [3.05, 3.63) is 18.0 Å². The molecule has 0 bridgehead atoms. The van der Waals surface area contributed by atoms with Gasteiger partial charge in [0.1, 0.15) is 0 Å². The maximum Gasteiger partial charge on any atom is 0.166 e.